The van der Waals surface area contributed by atoms with Gasteiger partial charge in [0.05, 0.1) is 17.8 Å². The number of amides is 1. The fourth-order valence-corrected chi connectivity index (χ4v) is 3.04. The van der Waals surface area contributed by atoms with Crippen molar-refractivity contribution in [2.45, 2.75) is 13.3 Å². The number of anilines is 1. The molecule has 0 saturated carbocycles. The van der Waals surface area contributed by atoms with Crippen LogP contribution in [0, 0.1) is 12.7 Å². The number of para-hydroxylation sites is 1. The van der Waals surface area contributed by atoms with Crippen molar-refractivity contribution in [3.05, 3.63) is 71.0 Å². The number of halogens is 1. The molecular weight excluding hydrogens is 311 g/mol. The van der Waals surface area contributed by atoms with Crippen molar-refractivity contribution in [3.8, 4) is 10.6 Å². The van der Waals surface area contributed by atoms with Gasteiger partial charge >= 0.3 is 0 Å². The minimum absolute atomic E-state index is 0.122. The lowest BCUT2D eigenvalue weighted by Gasteiger charge is -2.04. The summed E-state index contributed by atoms with van der Waals surface area (Å²) in [6.45, 7) is 2.03. The summed E-state index contributed by atoms with van der Waals surface area (Å²) in [5.74, 6) is -0.726. The number of benzene rings is 2. The number of nitrogens with zero attached hydrogens (tertiary/aromatic N) is 1. The molecule has 23 heavy (non-hydrogen) atoms. The molecular formula is C18H15FN2OS. The van der Waals surface area contributed by atoms with Crippen LogP contribution in [0.3, 0.4) is 0 Å². The molecule has 3 nitrogen and oxygen atoms in total. The van der Waals surface area contributed by atoms with Gasteiger partial charge in [-0.15, -0.1) is 11.3 Å². The second kappa shape index (κ2) is 6.71. The molecule has 3 rings (SSSR count). The molecule has 0 atom stereocenters. The van der Waals surface area contributed by atoms with Crippen LogP contribution in [0.25, 0.3) is 10.6 Å². The van der Waals surface area contributed by atoms with Crippen molar-refractivity contribution in [1.29, 1.82) is 0 Å². The highest BCUT2D eigenvalue weighted by Crippen LogP contribution is 2.24. The van der Waals surface area contributed by atoms with Crippen LogP contribution in [-0.4, -0.2) is 10.9 Å². The Hall–Kier alpha value is -2.53. The maximum Gasteiger partial charge on any atom is 0.230 e. The molecule has 1 amide bonds. The van der Waals surface area contributed by atoms with Crippen LogP contribution in [0.2, 0.25) is 0 Å². The molecule has 1 N–H and O–H groups in total. The lowest BCUT2D eigenvalue weighted by molar-refractivity contribution is -0.115. The SMILES string of the molecule is Cc1cccc(-c2nc(CC(=O)Nc3ccccc3F)cs2)c1. The molecule has 0 aliphatic rings. The van der Waals surface area contributed by atoms with Crippen molar-refractivity contribution in [2.75, 3.05) is 5.32 Å². The molecule has 0 fully saturated rings. The molecule has 0 aliphatic carbocycles. The zero-order chi connectivity index (χ0) is 16.2. The minimum Gasteiger partial charge on any atom is -0.323 e. The number of aryl methyl sites for hydroxylation is 1. The lowest BCUT2D eigenvalue weighted by atomic mass is 10.1. The largest absolute Gasteiger partial charge is 0.323 e. The van der Waals surface area contributed by atoms with Gasteiger partial charge in [0, 0.05) is 10.9 Å². The molecule has 1 heterocycles. The van der Waals surface area contributed by atoms with Crippen LogP contribution in [0.15, 0.2) is 53.9 Å². The van der Waals surface area contributed by atoms with Crippen LogP contribution in [-0.2, 0) is 11.2 Å². The van der Waals surface area contributed by atoms with Crippen molar-refractivity contribution < 1.29 is 9.18 Å². The molecule has 5 heteroatoms. The van der Waals surface area contributed by atoms with Crippen molar-refractivity contribution >= 4 is 22.9 Å². The lowest BCUT2D eigenvalue weighted by Crippen LogP contribution is -2.15. The van der Waals surface area contributed by atoms with Crippen LogP contribution < -0.4 is 5.32 Å². The van der Waals surface area contributed by atoms with Gasteiger partial charge in [0.25, 0.3) is 0 Å². The normalized spacial score (nSPS) is 10.5. The molecule has 1 aromatic heterocycles. The Bertz CT molecular complexity index is 844. The maximum atomic E-state index is 13.5. The number of carbonyl (C=O) groups excluding carboxylic acids is 1. The van der Waals surface area contributed by atoms with E-state index in [-0.39, 0.29) is 18.0 Å². The van der Waals surface area contributed by atoms with Gasteiger partial charge in [-0.25, -0.2) is 9.37 Å². The van der Waals surface area contributed by atoms with E-state index in [1.165, 1.54) is 23.5 Å². The van der Waals surface area contributed by atoms with Crippen LogP contribution in [0.5, 0.6) is 0 Å². The predicted molar refractivity (Wildman–Crippen MR) is 91.0 cm³/mol. The van der Waals surface area contributed by atoms with E-state index in [2.05, 4.69) is 16.4 Å². The first kappa shape index (κ1) is 15.4. The maximum absolute atomic E-state index is 13.5. The Balaban J connectivity index is 1.69. The Morgan fingerprint density at radius 2 is 2.04 bits per heavy atom. The van der Waals surface area contributed by atoms with Gasteiger partial charge in [-0.1, -0.05) is 35.9 Å². The molecule has 116 valence electrons. The highest BCUT2D eigenvalue weighted by Gasteiger charge is 2.11. The summed E-state index contributed by atoms with van der Waals surface area (Å²) in [5, 5.41) is 5.30. The van der Waals surface area contributed by atoms with E-state index in [9.17, 15) is 9.18 Å². The fraction of sp³-hybridized carbons (Fsp3) is 0.111. The van der Waals surface area contributed by atoms with Crippen LogP contribution in [0.4, 0.5) is 10.1 Å². The Kier molecular flexibility index (Phi) is 4.48. The highest BCUT2D eigenvalue weighted by molar-refractivity contribution is 7.13. The Morgan fingerprint density at radius 3 is 2.83 bits per heavy atom. The van der Waals surface area contributed by atoms with E-state index in [1.54, 1.807) is 12.1 Å². The van der Waals surface area contributed by atoms with Gasteiger partial charge in [0.15, 0.2) is 0 Å². The third-order valence-electron chi connectivity index (χ3n) is 3.31. The first-order valence-corrected chi connectivity index (χ1v) is 8.05. The van der Waals surface area contributed by atoms with E-state index in [0.717, 1.165) is 16.1 Å². The topological polar surface area (TPSA) is 42.0 Å². The number of thiazole rings is 1. The van der Waals surface area contributed by atoms with Gasteiger partial charge in [0.2, 0.25) is 5.91 Å². The second-order valence-electron chi connectivity index (χ2n) is 5.22. The van der Waals surface area contributed by atoms with Gasteiger partial charge in [-0.2, -0.15) is 0 Å². The standard InChI is InChI=1S/C18H15FN2OS/c1-12-5-4-6-13(9-12)18-20-14(11-23-18)10-17(22)21-16-8-3-2-7-15(16)19/h2-9,11H,10H2,1H3,(H,21,22). The predicted octanol–water partition coefficient (Wildman–Crippen LogP) is 4.44. The van der Waals surface area contributed by atoms with Gasteiger partial charge < -0.3 is 5.32 Å². The minimum atomic E-state index is -0.445. The quantitative estimate of drug-likeness (QED) is 0.770. The molecule has 3 aromatic rings. The third kappa shape index (κ3) is 3.81. The number of nitrogens with one attached hydrogen (secondary N) is 1. The first-order chi connectivity index (χ1) is 11.1. The molecule has 0 bridgehead atoms. The number of rotatable bonds is 4. The summed E-state index contributed by atoms with van der Waals surface area (Å²) < 4.78 is 13.5. The summed E-state index contributed by atoms with van der Waals surface area (Å²) >= 11 is 1.50. The summed E-state index contributed by atoms with van der Waals surface area (Å²) in [7, 11) is 0. The summed E-state index contributed by atoms with van der Waals surface area (Å²) in [4.78, 5) is 16.5. The Labute approximate surface area is 137 Å². The van der Waals surface area contributed by atoms with Crippen molar-refractivity contribution in [1.82, 2.24) is 4.98 Å². The smallest absolute Gasteiger partial charge is 0.230 e. The summed E-state index contributed by atoms with van der Waals surface area (Å²) in [6.07, 6.45) is 0.122. The molecule has 0 aliphatic heterocycles. The number of hydrogen-bond acceptors (Lipinski definition) is 3. The summed E-state index contributed by atoms with van der Waals surface area (Å²) in [5.41, 5.74) is 3.07. The van der Waals surface area contributed by atoms with E-state index in [0.29, 0.717) is 5.69 Å². The molecule has 0 radical (unpaired) electrons. The monoisotopic (exact) mass is 326 g/mol. The summed E-state index contributed by atoms with van der Waals surface area (Å²) in [6, 6.07) is 14.2. The molecule has 0 spiro atoms. The van der Waals surface area contributed by atoms with Crippen LogP contribution >= 0.6 is 11.3 Å². The fourth-order valence-electron chi connectivity index (χ4n) is 2.22. The highest BCUT2D eigenvalue weighted by atomic mass is 32.1. The Morgan fingerprint density at radius 1 is 1.22 bits per heavy atom. The van der Waals surface area contributed by atoms with E-state index in [1.807, 2.05) is 30.5 Å². The zero-order valence-electron chi connectivity index (χ0n) is 12.5. The molecule has 0 unspecified atom stereocenters. The third-order valence-corrected chi connectivity index (χ3v) is 4.25. The van der Waals surface area contributed by atoms with Crippen LogP contribution in [0.1, 0.15) is 11.3 Å². The van der Waals surface area contributed by atoms with Crippen molar-refractivity contribution in [3.63, 3.8) is 0 Å². The van der Waals surface area contributed by atoms with E-state index >= 15 is 0 Å². The molecule has 2 aromatic carbocycles. The zero-order valence-corrected chi connectivity index (χ0v) is 13.4. The number of carbonyl (C=O) groups is 1. The number of aromatic nitrogens is 1. The van der Waals surface area contributed by atoms with Crippen molar-refractivity contribution in [2.24, 2.45) is 0 Å². The van der Waals surface area contributed by atoms with E-state index < -0.39 is 5.82 Å². The van der Waals surface area contributed by atoms with Gasteiger partial charge in [-0.05, 0) is 25.1 Å². The molecule has 0 saturated heterocycles. The first-order valence-electron chi connectivity index (χ1n) is 7.17. The average molecular weight is 326 g/mol. The average Bonchev–Trinajstić information content (AvgIpc) is 2.98. The van der Waals surface area contributed by atoms with E-state index in [4.69, 9.17) is 0 Å². The second-order valence-corrected chi connectivity index (χ2v) is 6.08. The van der Waals surface area contributed by atoms with Gasteiger partial charge in [0.1, 0.15) is 10.8 Å². The number of hydrogen-bond donors (Lipinski definition) is 1. The van der Waals surface area contributed by atoms with Gasteiger partial charge in [-0.3, -0.25) is 4.79 Å².